The van der Waals surface area contributed by atoms with Crippen LogP contribution in [0.1, 0.15) is 13.3 Å². The van der Waals surface area contributed by atoms with E-state index in [9.17, 15) is 4.79 Å². The van der Waals surface area contributed by atoms with Gasteiger partial charge in [0.1, 0.15) is 0 Å². The number of hydrogen-bond donors (Lipinski definition) is 1. The molecule has 0 fully saturated rings. The predicted octanol–water partition coefficient (Wildman–Crippen LogP) is 0.389. The second kappa shape index (κ2) is 7.21. The van der Waals surface area contributed by atoms with E-state index in [0.717, 1.165) is 12.3 Å². The molecule has 0 atom stereocenters. The Morgan fingerprint density at radius 3 is 2.38 bits per heavy atom. The third-order valence-corrected chi connectivity index (χ3v) is 0.609. The average molecular weight is 124 g/mol. The van der Waals surface area contributed by atoms with E-state index < -0.39 is 0 Å². The Morgan fingerprint density at radius 1 is 1.75 bits per heavy atom. The van der Waals surface area contributed by atoms with Gasteiger partial charge in [0.2, 0.25) is 0 Å². The molecule has 0 saturated heterocycles. The van der Waals surface area contributed by atoms with Gasteiger partial charge in [-0.1, -0.05) is 6.92 Å². The van der Waals surface area contributed by atoms with Crippen molar-refractivity contribution in [2.75, 3.05) is 0 Å². The summed E-state index contributed by atoms with van der Waals surface area (Å²) < 4.78 is 0. The summed E-state index contributed by atoms with van der Waals surface area (Å²) in [5.74, 6) is -0.0532. The molecule has 0 unspecified atom stereocenters. The van der Waals surface area contributed by atoms with Gasteiger partial charge in [-0.25, -0.2) is 0 Å². The Kier molecular flexibility index (Phi) is 9.97. The summed E-state index contributed by atoms with van der Waals surface area (Å²) in [5, 5.41) is 7.97. The maximum atomic E-state index is 10.2. The van der Waals surface area contributed by atoms with Gasteiger partial charge in [-0.3, -0.25) is 4.79 Å². The molecule has 0 aliphatic rings. The number of carbonyl (C=O) groups excluding carboxylic acids is 1. The second-order valence-corrected chi connectivity index (χ2v) is 1.14. The number of carbonyl (C=O) groups is 1. The first-order chi connectivity index (χ1) is 3.31. The van der Waals surface area contributed by atoms with Crippen molar-refractivity contribution in [2.24, 2.45) is 0 Å². The molecular weight excluding hydrogens is 115 g/mol. The van der Waals surface area contributed by atoms with E-state index in [1.165, 1.54) is 0 Å². The van der Waals surface area contributed by atoms with E-state index in [1.54, 1.807) is 6.92 Å². The van der Waals surface area contributed by atoms with Gasteiger partial charge >= 0.3 is 29.6 Å². The number of ketones is 1. The zero-order chi connectivity index (χ0) is 5.70. The molecule has 2 nitrogen and oxygen atoms in total. The molecule has 0 aromatic rings. The molecule has 0 saturated carbocycles. The van der Waals surface area contributed by atoms with Gasteiger partial charge < -0.3 is 5.11 Å². The summed E-state index contributed by atoms with van der Waals surface area (Å²) in [6, 6.07) is 0. The normalized spacial score (nSPS) is 8.62. The van der Waals surface area contributed by atoms with E-state index in [-0.39, 0.29) is 35.3 Å². The third kappa shape index (κ3) is 6.21. The number of aliphatic hydroxyl groups is 1. The van der Waals surface area contributed by atoms with Crippen LogP contribution in [0.4, 0.5) is 0 Å². The minimum absolute atomic E-state index is 0. The van der Waals surface area contributed by atoms with Crippen LogP contribution in [0.3, 0.4) is 0 Å². The quantitative estimate of drug-likeness (QED) is 0.328. The van der Waals surface area contributed by atoms with E-state index in [4.69, 9.17) is 5.11 Å². The molecule has 0 radical (unpaired) electrons. The van der Waals surface area contributed by atoms with Crippen LogP contribution in [0.25, 0.3) is 0 Å². The molecule has 0 aromatic carbocycles. The summed E-state index contributed by atoms with van der Waals surface area (Å²) in [6.07, 6.45) is 2.35. The van der Waals surface area contributed by atoms with Gasteiger partial charge in [0.25, 0.3) is 0 Å². The van der Waals surface area contributed by atoms with Crippen molar-refractivity contribution in [2.45, 2.75) is 13.3 Å². The second-order valence-electron chi connectivity index (χ2n) is 1.14. The van der Waals surface area contributed by atoms with Gasteiger partial charge in [0, 0.05) is 12.5 Å². The van der Waals surface area contributed by atoms with Gasteiger partial charge in [0.05, 0.1) is 6.26 Å². The van der Waals surface area contributed by atoms with Crippen LogP contribution < -0.4 is 0 Å². The fourth-order valence-electron chi connectivity index (χ4n) is 0.201. The fraction of sp³-hybridized carbons (Fsp3) is 0.400. The topological polar surface area (TPSA) is 37.3 Å². The standard InChI is InChI=1S/C5H8O2.Na.H/c1-2-5(7)3-4-6;;/h3-4,6H,2H2,1H3;;. The van der Waals surface area contributed by atoms with E-state index in [1.807, 2.05) is 0 Å². The Hall–Kier alpha value is 0.210. The summed E-state index contributed by atoms with van der Waals surface area (Å²) in [7, 11) is 0. The van der Waals surface area contributed by atoms with Gasteiger partial charge in [-0.2, -0.15) is 0 Å². The van der Waals surface area contributed by atoms with Crippen molar-refractivity contribution in [3.8, 4) is 0 Å². The Bertz CT molecular complexity index is 88.4. The first-order valence-electron chi connectivity index (χ1n) is 2.14. The summed E-state index contributed by atoms with van der Waals surface area (Å²) in [5.41, 5.74) is 0. The molecule has 0 rings (SSSR count). The van der Waals surface area contributed by atoms with Crippen molar-refractivity contribution in [3.05, 3.63) is 12.3 Å². The molecule has 1 N–H and O–H groups in total. The van der Waals surface area contributed by atoms with Gasteiger partial charge in [-0.05, 0) is 0 Å². The maximum absolute atomic E-state index is 10.2. The Morgan fingerprint density at radius 2 is 2.25 bits per heavy atom. The van der Waals surface area contributed by atoms with Gasteiger partial charge in [-0.15, -0.1) is 0 Å². The van der Waals surface area contributed by atoms with Crippen LogP contribution in [0.2, 0.25) is 0 Å². The van der Waals surface area contributed by atoms with Crippen LogP contribution in [0, 0.1) is 0 Å². The van der Waals surface area contributed by atoms with Crippen LogP contribution in [-0.4, -0.2) is 40.4 Å². The van der Waals surface area contributed by atoms with Gasteiger partial charge in [0.15, 0.2) is 5.78 Å². The molecule has 0 bridgehead atoms. The van der Waals surface area contributed by atoms with Crippen molar-refractivity contribution < 1.29 is 9.90 Å². The molecular formula is C5H9NaO2. The van der Waals surface area contributed by atoms with E-state index >= 15 is 0 Å². The first kappa shape index (κ1) is 11.1. The predicted molar refractivity (Wildman–Crippen MR) is 34.2 cm³/mol. The molecule has 0 amide bonds. The molecule has 0 aliphatic heterocycles. The molecule has 0 spiro atoms. The molecule has 0 heterocycles. The molecule has 0 aliphatic carbocycles. The Labute approximate surface area is 70.9 Å². The molecule has 42 valence electrons. The van der Waals surface area contributed by atoms with Crippen LogP contribution in [0.5, 0.6) is 0 Å². The SMILES string of the molecule is CCC(=O)C=CO.[NaH]. The fourth-order valence-corrected chi connectivity index (χ4v) is 0.201. The van der Waals surface area contributed by atoms with Crippen molar-refractivity contribution >= 4 is 35.3 Å². The number of rotatable bonds is 2. The number of aliphatic hydroxyl groups excluding tert-OH is 1. The first-order valence-corrected chi connectivity index (χ1v) is 2.14. The zero-order valence-electron chi connectivity index (χ0n) is 4.22. The third-order valence-electron chi connectivity index (χ3n) is 0.609. The monoisotopic (exact) mass is 124 g/mol. The van der Waals surface area contributed by atoms with Crippen molar-refractivity contribution in [1.29, 1.82) is 0 Å². The zero-order valence-corrected chi connectivity index (χ0v) is 4.22. The summed E-state index contributed by atoms with van der Waals surface area (Å²) in [6.45, 7) is 1.74. The molecule has 3 heteroatoms. The van der Waals surface area contributed by atoms with Crippen LogP contribution in [-0.2, 0) is 4.79 Å². The van der Waals surface area contributed by atoms with E-state index in [0.29, 0.717) is 6.42 Å². The number of allylic oxidation sites excluding steroid dienone is 1. The van der Waals surface area contributed by atoms with Crippen molar-refractivity contribution in [3.63, 3.8) is 0 Å². The molecule has 0 aromatic heterocycles. The Balaban J connectivity index is 0. The van der Waals surface area contributed by atoms with E-state index in [2.05, 4.69) is 0 Å². The minimum atomic E-state index is -0.0532. The number of hydrogen-bond acceptors (Lipinski definition) is 2. The van der Waals surface area contributed by atoms with Crippen LogP contribution >= 0.6 is 0 Å². The summed E-state index contributed by atoms with van der Waals surface area (Å²) >= 11 is 0. The van der Waals surface area contributed by atoms with Crippen LogP contribution in [0.15, 0.2) is 12.3 Å². The molecule has 8 heavy (non-hydrogen) atoms. The summed E-state index contributed by atoms with van der Waals surface area (Å²) in [4.78, 5) is 10.2. The average Bonchev–Trinajstić information content (AvgIpc) is 1.68. The van der Waals surface area contributed by atoms with Crippen molar-refractivity contribution in [1.82, 2.24) is 0 Å².